The largest absolute Gasteiger partial charge is 0.256 e. The monoisotopic (exact) mass is 266 g/mol. The molecule has 0 amide bonds. The van der Waals surface area contributed by atoms with E-state index in [2.05, 4.69) is 9.97 Å². The van der Waals surface area contributed by atoms with Crippen molar-refractivity contribution in [2.24, 2.45) is 0 Å². The molecule has 1 unspecified atom stereocenters. The third kappa shape index (κ3) is 2.75. The zero-order valence-electron chi connectivity index (χ0n) is 10.6. The van der Waals surface area contributed by atoms with Crippen LogP contribution in [0.4, 0.5) is 13.2 Å². The van der Waals surface area contributed by atoms with Gasteiger partial charge in [-0.15, -0.1) is 0 Å². The van der Waals surface area contributed by atoms with Crippen molar-refractivity contribution in [2.45, 2.75) is 26.2 Å². The highest BCUT2D eigenvalue weighted by molar-refractivity contribution is 5.58. The van der Waals surface area contributed by atoms with E-state index in [0.29, 0.717) is 5.56 Å². The van der Waals surface area contributed by atoms with Crippen LogP contribution in [-0.2, 0) is 0 Å². The third-order valence-corrected chi connectivity index (χ3v) is 3.12. The average molecular weight is 266 g/mol. The molecule has 0 aliphatic carbocycles. The lowest BCUT2D eigenvalue weighted by Gasteiger charge is -2.11. The van der Waals surface area contributed by atoms with Crippen LogP contribution in [0.5, 0.6) is 0 Å². The van der Waals surface area contributed by atoms with Crippen LogP contribution in [0.25, 0.3) is 11.3 Å². The van der Waals surface area contributed by atoms with Gasteiger partial charge in [0.05, 0.1) is 11.3 Å². The Morgan fingerprint density at radius 3 is 2.53 bits per heavy atom. The third-order valence-electron chi connectivity index (χ3n) is 3.12. The van der Waals surface area contributed by atoms with E-state index in [-0.39, 0.29) is 17.2 Å². The molecule has 0 fully saturated rings. The van der Waals surface area contributed by atoms with Gasteiger partial charge in [0.1, 0.15) is 5.82 Å². The minimum absolute atomic E-state index is 0.0176. The minimum Gasteiger partial charge on any atom is -0.256 e. The van der Waals surface area contributed by atoms with Gasteiger partial charge in [0.15, 0.2) is 0 Å². The molecular formula is C14H13F3N2. The van der Waals surface area contributed by atoms with Crippen LogP contribution in [0.1, 0.15) is 31.7 Å². The summed E-state index contributed by atoms with van der Waals surface area (Å²) in [5.41, 5.74) is 0.576. The fraction of sp³-hybridized carbons (Fsp3) is 0.286. The normalized spacial score (nSPS) is 12.5. The van der Waals surface area contributed by atoms with E-state index < -0.39 is 17.7 Å². The molecular weight excluding hydrogens is 253 g/mol. The predicted octanol–water partition coefficient (Wildman–Crippen LogP) is 4.07. The summed E-state index contributed by atoms with van der Waals surface area (Å²) < 4.78 is 40.1. The zero-order valence-corrected chi connectivity index (χ0v) is 10.6. The highest BCUT2D eigenvalue weighted by atomic mass is 19.1. The number of pyridine rings is 2. The second-order valence-corrected chi connectivity index (χ2v) is 4.37. The zero-order chi connectivity index (χ0) is 14.0. The highest BCUT2D eigenvalue weighted by Gasteiger charge is 2.14. The Kier molecular flexibility index (Phi) is 3.83. The summed E-state index contributed by atoms with van der Waals surface area (Å²) in [5.74, 6) is -2.32. The lowest BCUT2D eigenvalue weighted by molar-refractivity contribution is 0.514. The molecule has 0 radical (unpaired) electrons. The first-order valence-corrected chi connectivity index (χ1v) is 6.00. The summed E-state index contributed by atoms with van der Waals surface area (Å²) in [4.78, 5) is 7.08. The van der Waals surface area contributed by atoms with Gasteiger partial charge in [-0.05, 0) is 24.5 Å². The number of nitrogens with zero attached hydrogens (tertiary/aromatic N) is 2. The minimum atomic E-state index is -0.997. The second kappa shape index (κ2) is 5.38. The summed E-state index contributed by atoms with van der Waals surface area (Å²) in [6.07, 6.45) is 2.17. The molecule has 100 valence electrons. The molecule has 2 heterocycles. The van der Waals surface area contributed by atoms with Crippen LogP contribution in [0, 0.1) is 17.7 Å². The molecule has 0 saturated carbocycles. The summed E-state index contributed by atoms with van der Waals surface area (Å²) in [5, 5.41) is 0. The summed E-state index contributed by atoms with van der Waals surface area (Å²) in [6, 6.07) is 3.36. The molecule has 0 aliphatic rings. The van der Waals surface area contributed by atoms with Crippen molar-refractivity contribution in [1.82, 2.24) is 9.97 Å². The van der Waals surface area contributed by atoms with E-state index in [4.69, 9.17) is 0 Å². The molecule has 2 aromatic rings. The van der Waals surface area contributed by atoms with E-state index in [1.807, 2.05) is 13.8 Å². The summed E-state index contributed by atoms with van der Waals surface area (Å²) >= 11 is 0. The maximum Gasteiger partial charge on any atom is 0.224 e. The number of aromatic nitrogens is 2. The molecule has 5 heteroatoms. The molecule has 19 heavy (non-hydrogen) atoms. The Hall–Kier alpha value is -1.91. The van der Waals surface area contributed by atoms with Gasteiger partial charge in [-0.25, -0.2) is 4.39 Å². The van der Waals surface area contributed by atoms with Gasteiger partial charge in [-0.2, -0.15) is 13.8 Å². The van der Waals surface area contributed by atoms with Gasteiger partial charge in [-0.3, -0.25) is 4.98 Å². The van der Waals surface area contributed by atoms with Crippen LogP contribution in [0.3, 0.4) is 0 Å². The Labute approximate surface area is 109 Å². The molecule has 1 atom stereocenters. The van der Waals surface area contributed by atoms with E-state index >= 15 is 0 Å². The van der Waals surface area contributed by atoms with Crippen molar-refractivity contribution < 1.29 is 13.2 Å². The van der Waals surface area contributed by atoms with Crippen LogP contribution in [-0.4, -0.2) is 9.97 Å². The molecule has 0 bridgehead atoms. The van der Waals surface area contributed by atoms with Crippen LogP contribution in [0.2, 0.25) is 0 Å². The number of rotatable bonds is 3. The van der Waals surface area contributed by atoms with Gasteiger partial charge in [0, 0.05) is 17.8 Å². The second-order valence-electron chi connectivity index (χ2n) is 4.37. The Morgan fingerprint density at radius 2 is 1.95 bits per heavy atom. The van der Waals surface area contributed by atoms with Gasteiger partial charge in [-0.1, -0.05) is 13.8 Å². The van der Waals surface area contributed by atoms with Gasteiger partial charge in [0.2, 0.25) is 11.9 Å². The van der Waals surface area contributed by atoms with Crippen molar-refractivity contribution in [3.8, 4) is 11.3 Å². The molecule has 0 aromatic carbocycles. The Balaban J connectivity index is 2.44. The number of hydrogen-bond acceptors (Lipinski definition) is 2. The number of halogens is 3. The topological polar surface area (TPSA) is 25.8 Å². The van der Waals surface area contributed by atoms with E-state index in [0.717, 1.165) is 18.6 Å². The maximum atomic E-state index is 13.9. The lowest BCUT2D eigenvalue weighted by Crippen LogP contribution is -2.00. The summed E-state index contributed by atoms with van der Waals surface area (Å²) in [7, 11) is 0. The van der Waals surface area contributed by atoms with Gasteiger partial charge in [0.25, 0.3) is 0 Å². The first kappa shape index (κ1) is 13.5. The number of hydrogen-bond donors (Lipinski definition) is 0. The van der Waals surface area contributed by atoms with Crippen molar-refractivity contribution in [2.75, 3.05) is 0 Å². The summed E-state index contributed by atoms with van der Waals surface area (Å²) in [6.45, 7) is 3.83. The molecule has 2 rings (SSSR count). The Bertz CT molecular complexity index is 599. The quantitative estimate of drug-likeness (QED) is 0.782. The lowest BCUT2D eigenvalue weighted by atomic mass is 9.99. The van der Waals surface area contributed by atoms with E-state index in [1.54, 1.807) is 0 Å². The standard InChI is InChI=1S/C14H13F3N2/c1-3-8(2)10-7-18-12(6-11(10)15)9-4-5-13(16)19-14(9)17/h4-8H,3H2,1-2H3. The van der Waals surface area contributed by atoms with Gasteiger partial charge >= 0.3 is 0 Å². The molecule has 0 aliphatic heterocycles. The molecule has 0 N–H and O–H groups in total. The van der Waals surface area contributed by atoms with E-state index in [1.165, 1.54) is 12.3 Å². The fourth-order valence-electron chi connectivity index (χ4n) is 1.77. The molecule has 0 spiro atoms. The fourth-order valence-corrected chi connectivity index (χ4v) is 1.77. The smallest absolute Gasteiger partial charge is 0.224 e. The van der Waals surface area contributed by atoms with Crippen molar-refractivity contribution >= 4 is 0 Å². The van der Waals surface area contributed by atoms with Crippen molar-refractivity contribution in [1.29, 1.82) is 0 Å². The highest BCUT2D eigenvalue weighted by Crippen LogP contribution is 2.26. The first-order chi connectivity index (χ1) is 9.02. The predicted molar refractivity (Wildman–Crippen MR) is 66.0 cm³/mol. The van der Waals surface area contributed by atoms with Gasteiger partial charge < -0.3 is 0 Å². The van der Waals surface area contributed by atoms with E-state index in [9.17, 15) is 13.2 Å². The van der Waals surface area contributed by atoms with Crippen LogP contribution >= 0.6 is 0 Å². The molecule has 2 aromatic heterocycles. The SMILES string of the molecule is CCC(C)c1cnc(-c2ccc(F)nc2F)cc1F. The maximum absolute atomic E-state index is 13.9. The van der Waals surface area contributed by atoms with Crippen molar-refractivity contribution in [3.63, 3.8) is 0 Å². The first-order valence-electron chi connectivity index (χ1n) is 6.00. The Morgan fingerprint density at radius 1 is 1.21 bits per heavy atom. The van der Waals surface area contributed by atoms with Crippen LogP contribution in [0.15, 0.2) is 24.4 Å². The van der Waals surface area contributed by atoms with Crippen LogP contribution < -0.4 is 0 Å². The molecule has 2 nitrogen and oxygen atoms in total. The van der Waals surface area contributed by atoms with Crippen molar-refractivity contribution in [3.05, 3.63) is 47.7 Å². The molecule has 0 saturated heterocycles. The average Bonchev–Trinajstić information content (AvgIpc) is 2.37.